The van der Waals surface area contributed by atoms with Crippen molar-refractivity contribution in [3.8, 4) is 0 Å². The second-order valence-corrected chi connectivity index (χ2v) is 21.3. The number of hydrogen-bond acceptors (Lipinski definition) is 6. The van der Waals surface area contributed by atoms with Crippen molar-refractivity contribution in [1.82, 2.24) is 5.32 Å². The van der Waals surface area contributed by atoms with Crippen molar-refractivity contribution in [3.63, 3.8) is 0 Å². The summed E-state index contributed by atoms with van der Waals surface area (Å²) in [5, 5.41) is 13.8. The largest absolute Gasteiger partial charge is 0.756 e. The predicted octanol–water partition coefficient (Wildman–Crippen LogP) is 15.4. The molecule has 9 heteroatoms. The van der Waals surface area contributed by atoms with Crippen LogP contribution in [0, 0.1) is 0 Å². The Morgan fingerprint density at radius 3 is 1.24 bits per heavy atom. The van der Waals surface area contributed by atoms with Crippen molar-refractivity contribution in [1.29, 1.82) is 0 Å². The molecule has 63 heavy (non-hydrogen) atoms. The minimum absolute atomic E-state index is 0.000600. The maximum atomic E-state index is 12.9. The van der Waals surface area contributed by atoms with E-state index in [0.29, 0.717) is 17.4 Å². The monoisotopic (exact) mass is 911 g/mol. The van der Waals surface area contributed by atoms with Gasteiger partial charge in [0.15, 0.2) is 0 Å². The zero-order valence-corrected chi connectivity index (χ0v) is 43.4. The first-order valence-corrected chi connectivity index (χ1v) is 28.7. The second kappa shape index (κ2) is 46.1. The van der Waals surface area contributed by atoms with Crippen LogP contribution in [-0.2, 0) is 18.4 Å². The Labute approximate surface area is 392 Å². The van der Waals surface area contributed by atoms with Crippen LogP contribution < -0.4 is 10.2 Å². The molecule has 0 aliphatic rings. The average Bonchev–Trinajstić information content (AvgIpc) is 3.24. The van der Waals surface area contributed by atoms with Crippen LogP contribution in [0.3, 0.4) is 0 Å². The number of carbonyl (C=O) groups excluding carboxylic acids is 1. The molecule has 8 nitrogen and oxygen atoms in total. The first kappa shape index (κ1) is 62.0. The zero-order chi connectivity index (χ0) is 46.4. The maximum Gasteiger partial charge on any atom is 0.268 e. The summed E-state index contributed by atoms with van der Waals surface area (Å²) in [7, 11) is 1.27. The number of nitrogens with zero attached hydrogens (tertiary/aromatic N) is 1. The third-order valence-electron chi connectivity index (χ3n) is 12.4. The smallest absolute Gasteiger partial charge is 0.268 e. The number of likely N-dealkylation sites (N-methyl/N-ethyl adjacent to an activating group) is 1. The molecule has 0 radical (unpaired) electrons. The van der Waals surface area contributed by atoms with Crippen LogP contribution >= 0.6 is 7.82 Å². The summed E-state index contributed by atoms with van der Waals surface area (Å²) in [5.74, 6) is -0.195. The summed E-state index contributed by atoms with van der Waals surface area (Å²) in [4.78, 5) is 25.4. The van der Waals surface area contributed by atoms with E-state index >= 15 is 0 Å². The molecule has 0 saturated heterocycles. The van der Waals surface area contributed by atoms with Gasteiger partial charge in [-0.3, -0.25) is 9.36 Å². The number of carbonyl (C=O) groups is 1. The van der Waals surface area contributed by atoms with Crippen LogP contribution in [0.1, 0.15) is 264 Å². The van der Waals surface area contributed by atoms with Crippen LogP contribution in [0.4, 0.5) is 0 Å². The van der Waals surface area contributed by atoms with Crippen molar-refractivity contribution in [2.24, 2.45) is 0 Å². The van der Waals surface area contributed by atoms with E-state index in [1.54, 1.807) is 6.08 Å². The van der Waals surface area contributed by atoms with Crippen molar-refractivity contribution in [2.75, 3.05) is 40.9 Å². The highest BCUT2D eigenvalue weighted by Crippen LogP contribution is 2.38. The number of phosphoric acid groups is 1. The van der Waals surface area contributed by atoms with E-state index in [-0.39, 0.29) is 19.1 Å². The first-order valence-electron chi connectivity index (χ1n) is 27.2. The van der Waals surface area contributed by atoms with Gasteiger partial charge in [0, 0.05) is 6.42 Å². The number of quaternary nitrogens is 1. The van der Waals surface area contributed by atoms with Gasteiger partial charge in [-0.25, -0.2) is 0 Å². The van der Waals surface area contributed by atoms with Gasteiger partial charge in [0.05, 0.1) is 39.9 Å². The summed E-state index contributed by atoms with van der Waals surface area (Å²) in [5.41, 5.74) is 0. The number of allylic oxidation sites excluding steroid dienone is 3. The van der Waals surface area contributed by atoms with Gasteiger partial charge < -0.3 is 28.8 Å². The van der Waals surface area contributed by atoms with E-state index < -0.39 is 20.0 Å². The number of rotatable bonds is 50. The molecule has 374 valence electrons. The van der Waals surface area contributed by atoms with Crippen molar-refractivity contribution in [2.45, 2.75) is 276 Å². The highest BCUT2D eigenvalue weighted by Gasteiger charge is 2.23. The van der Waals surface area contributed by atoms with Gasteiger partial charge in [-0.1, -0.05) is 237 Å². The lowest BCUT2D eigenvalue weighted by atomic mass is 10.0. The Morgan fingerprint density at radius 2 is 0.873 bits per heavy atom. The maximum absolute atomic E-state index is 12.9. The fourth-order valence-corrected chi connectivity index (χ4v) is 8.81. The molecule has 0 bridgehead atoms. The summed E-state index contributed by atoms with van der Waals surface area (Å²) in [6.45, 7) is 4.66. The number of unbranched alkanes of at least 4 members (excludes halogenated alkanes) is 35. The van der Waals surface area contributed by atoms with Gasteiger partial charge in [0.2, 0.25) is 5.91 Å². The third-order valence-corrected chi connectivity index (χ3v) is 13.4. The van der Waals surface area contributed by atoms with Gasteiger partial charge >= 0.3 is 0 Å². The van der Waals surface area contributed by atoms with E-state index in [9.17, 15) is 19.4 Å². The average molecular weight is 911 g/mol. The number of phosphoric ester groups is 1. The van der Waals surface area contributed by atoms with E-state index in [2.05, 4.69) is 31.3 Å². The van der Waals surface area contributed by atoms with Crippen molar-refractivity contribution < 1.29 is 32.9 Å². The molecule has 0 rings (SSSR count). The highest BCUT2D eigenvalue weighted by molar-refractivity contribution is 7.45. The molecule has 0 aromatic carbocycles. The van der Waals surface area contributed by atoms with Gasteiger partial charge in [0.1, 0.15) is 13.2 Å². The van der Waals surface area contributed by atoms with E-state index in [1.165, 1.54) is 205 Å². The molecule has 0 fully saturated rings. The third kappa shape index (κ3) is 48.7. The Hall–Kier alpha value is -1.02. The minimum Gasteiger partial charge on any atom is -0.756 e. The SMILES string of the molecule is CCCCCCCCCCCC/C=C/C(O)C(COP(=O)([O-])OCC[N+](C)(C)C)NC(=O)CCCCCCCCCCCCCCC/C=C\CCCCCCCCCCCCCC. The van der Waals surface area contributed by atoms with Gasteiger partial charge in [-0.05, 0) is 44.9 Å². The highest BCUT2D eigenvalue weighted by atomic mass is 31.2. The number of aliphatic hydroxyl groups excluding tert-OH is 1. The summed E-state index contributed by atoms with van der Waals surface area (Å²) < 4.78 is 23.3. The topological polar surface area (TPSA) is 108 Å². The molecule has 0 aromatic heterocycles. The Kier molecular flexibility index (Phi) is 45.4. The number of nitrogens with one attached hydrogen (secondary N) is 1. The molecular formula is C54H107N2O6P. The van der Waals surface area contributed by atoms with Crippen LogP contribution in [0.2, 0.25) is 0 Å². The zero-order valence-electron chi connectivity index (χ0n) is 42.5. The van der Waals surface area contributed by atoms with Crippen LogP contribution in [0.25, 0.3) is 0 Å². The molecule has 3 atom stereocenters. The van der Waals surface area contributed by atoms with Gasteiger partial charge in [0.25, 0.3) is 7.82 Å². The first-order chi connectivity index (χ1) is 30.5. The number of aliphatic hydroxyl groups is 1. The van der Waals surface area contributed by atoms with Crippen molar-refractivity contribution in [3.05, 3.63) is 24.3 Å². The van der Waals surface area contributed by atoms with Gasteiger partial charge in [-0.2, -0.15) is 0 Å². The van der Waals surface area contributed by atoms with Gasteiger partial charge in [-0.15, -0.1) is 0 Å². The Balaban J connectivity index is 4.06. The fraction of sp³-hybridized carbons (Fsp3) is 0.907. The fourth-order valence-electron chi connectivity index (χ4n) is 8.09. The lowest BCUT2D eigenvalue weighted by molar-refractivity contribution is -0.870. The number of hydrogen-bond donors (Lipinski definition) is 2. The van der Waals surface area contributed by atoms with E-state index in [4.69, 9.17) is 9.05 Å². The molecule has 0 aromatic rings. The molecule has 0 saturated carbocycles. The molecule has 0 heterocycles. The second-order valence-electron chi connectivity index (χ2n) is 19.9. The predicted molar refractivity (Wildman–Crippen MR) is 270 cm³/mol. The summed E-state index contributed by atoms with van der Waals surface area (Å²) in [6, 6.07) is -0.883. The molecule has 1 amide bonds. The lowest BCUT2D eigenvalue weighted by Gasteiger charge is -2.29. The lowest BCUT2D eigenvalue weighted by Crippen LogP contribution is -2.45. The summed E-state index contributed by atoms with van der Waals surface area (Å²) >= 11 is 0. The Bertz CT molecular complexity index is 1080. The number of amides is 1. The molecule has 0 spiro atoms. The minimum atomic E-state index is -4.59. The summed E-state index contributed by atoms with van der Waals surface area (Å²) in [6.07, 6.45) is 56.8. The molecule has 3 unspecified atom stereocenters. The van der Waals surface area contributed by atoms with E-state index in [1.807, 2.05) is 27.2 Å². The van der Waals surface area contributed by atoms with Crippen molar-refractivity contribution >= 4 is 13.7 Å². The molecular weight excluding hydrogens is 804 g/mol. The normalized spacial score (nSPS) is 14.2. The van der Waals surface area contributed by atoms with Crippen LogP contribution in [0.5, 0.6) is 0 Å². The molecule has 0 aliphatic heterocycles. The quantitative estimate of drug-likeness (QED) is 0.0272. The molecule has 0 aliphatic carbocycles. The Morgan fingerprint density at radius 1 is 0.540 bits per heavy atom. The van der Waals surface area contributed by atoms with E-state index in [0.717, 1.165) is 38.5 Å². The van der Waals surface area contributed by atoms with Crippen LogP contribution in [0.15, 0.2) is 24.3 Å². The molecule has 2 N–H and O–H groups in total. The van der Waals surface area contributed by atoms with Crippen LogP contribution in [-0.4, -0.2) is 68.5 Å². The standard InChI is InChI=1S/C54H107N2O6P/c1-6-8-10-12-14-16-18-20-21-22-23-24-25-26-27-28-29-30-31-32-33-34-35-36-38-40-42-44-46-48-54(58)55-52(51-62-63(59,60)61-50-49-56(3,4)5)53(57)47-45-43-41-39-37-19-17-15-13-11-9-7-2/h26-27,45,47,52-53,57H,6-25,28-44,46,48-51H2,1-5H3,(H-,55,58,59,60)/b27-26-,47-45+.